The van der Waals surface area contributed by atoms with Crippen molar-refractivity contribution in [2.75, 3.05) is 36.4 Å². The number of hydrogen-bond donors (Lipinski definition) is 3. The van der Waals surface area contributed by atoms with Gasteiger partial charge in [0.2, 0.25) is 0 Å². The largest absolute Gasteiger partial charge is 0.355 e. The van der Waals surface area contributed by atoms with Crippen LogP contribution in [0.2, 0.25) is 15.1 Å². The van der Waals surface area contributed by atoms with Crippen LogP contribution in [0.5, 0.6) is 0 Å². The normalized spacial score (nSPS) is 16.3. The van der Waals surface area contributed by atoms with Crippen molar-refractivity contribution in [1.82, 2.24) is 25.1 Å². The van der Waals surface area contributed by atoms with E-state index in [2.05, 4.69) is 32.0 Å². The third kappa shape index (κ3) is 8.06. The number of carbonyl (C=O) groups is 2. The van der Waals surface area contributed by atoms with Gasteiger partial charge >= 0.3 is 6.03 Å². The highest BCUT2D eigenvalue weighted by Gasteiger charge is 2.32. The summed E-state index contributed by atoms with van der Waals surface area (Å²) in [5.41, 5.74) is 5.85. The Hall–Kier alpha value is -4.96. The van der Waals surface area contributed by atoms with Gasteiger partial charge in [0.25, 0.3) is 5.91 Å². The van der Waals surface area contributed by atoms with Crippen molar-refractivity contribution in [1.29, 1.82) is 0 Å². The molecular formula is C43H44Cl3N7O2. The van der Waals surface area contributed by atoms with Crippen molar-refractivity contribution in [3.05, 3.63) is 135 Å². The Bertz CT molecular complexity index is 2250. The summed E-state index contributed by atoms with van der Waals surface area (Å²) in [5.74, 6) is 0.345. The summed E-state index contributed by atoms with van der Waals surface area (Å²) in [5, 5.41) is 8.66. The van der Waals surface area contributed by atoms with Gasteiger partial charge in [0.1, 0.15) is 5.69 Å². The Morgan fingerprint density at radius 1 is 0.982 bits per heavy atom. The number of hydrogen-bond acceptors (Lipinski definition) is 5. The fraction of sp³-hybridized carbons (Fsp3) is 0.279. The molecular weight excluding hydrogens is 753 g/mol. The zero-order chi connectivity index (χ0) is 38.6. The second kappa shape index (κ2) is 16.8. The molecule has 0 bridgehead atoms. The summed E-state index contributed by atoms with van der Waals surface area (Å²) in [6.45, 7) is 11.2. The molecule has 0 aliphatic carbocycles. The first-order valence-corrected chi connectivity index (χ1v) is 19.8. The van der Waals surface area contributed by atoms with Crippen molar-refractivity contribution in [2.24, 2.45) is 0 Å². The quantitative estimate of drug-likeness (QED) is 0.131. The minimum absolute atomic E-state index is 0.0220. The SMILES string of the molecule is C=CN(/C(=C(\C)c1ccccc1)c1c(C(=O)Nc2cccnc2N2CCC(N3CCCCNC3=O)CC2)[nH]c2cc(Cl)ccc12)C(C)c1ccc(Cl)cc1Cl. The first-order valence-electron chi connectivity index (χ1n) is 18.6. The molecule has 3 aromatic carbocycles. The number of aromatic nitrogens is 2. The maximum Gasteiger partial charge on any atom is 0.317 e. The minimum atomic E-state index is -0.341. The molecule has 3 N–H and O–H groups in total. The van der Waals surface area contributed by atoms with E-state index < -0.39 is 0 Å². The molecule has 2 saturated heterocycles. The maximum absolute atomic E-state index is 14.8. The average molecular weight is 797 g/mol. The van der Waals surface area contributed by atoms with Gasteiger partial charge < -0.3 is 30.3 Å². The van der Waals surface area contributed by atoms with Crippen LogP contribution < -0.4 is 15.5 Å². The van der Waals surface area contributed by atoms with E-state index in [-0.39, 0.29) is 24.0 Å². The van der Waals surface area contributed by atoms with Gasteiger partial charge in [-0.3, -0.25) is 4.79 Å². The topological polar surface area (TPSA) is 96.6 Å². The van der Waals surface area contributed by atoms with Gasteiger partial charge in [-0.15, -0.1) is 0 Å². The van der Waals surface area contributed by atoms with Crippen LogP contribution in [0.3, 0.4) is 0 Å². The number of allylic oxidation sites excluding steroid dienone is 1. The van der Waals surface area contributed by atoms with Crippen molar-refractivity contribution < 1.29 is 9.59 Å². The number of urea groups is 1. The molecule has 2 aromatic heterocycles. The smallest absolute Gasteiger partial charge is 0.317 e. The number of halogens is 3. The lowest BCUT2D eigenvalue weighted by Gasteiger charge is -2.38. The molecule has 9 nitrogen and oxygen atoms in total. The van der Waals surface area contributed by atoms with Crippen molar-refractivity contribution in [2.45, 2.75) is 51.6 Å². The van der Waals surface area contributed by atoms with E-state index in [9.17, 15) is 9.59 Å². The number of piperidine rings is 1. The molecule has 2 aliphatic heterocycles. The highest BCUT2D eigenvalue weighted by Crippen LogP contribution is 2.42. The third-order valence-electron chi connectivity index (χ3n) is 10.7. The van der Waals surface area contributed by atoms with E-state index in [1.807, 2.05) is 91.5 Å². The summed E-state index contributed by atoms with van der Waals surface area (Å²) in [7, 11) is 0. The molecule has 12 heteroatoms. The third-order valence-corrected chi connectivity index (χ3v) is 11.5. The molecule has 55 heavy (non-hydrogen) atoms. The van der Waals surface area contributed by atoms with E-state index in [0.717, 1.165) is 66.6 Å². The van der Waals surface area contributed by atoms with Crippen LogP contribution in [0.1, 0.15) is 72.8 Å². The fourth-order valence-corrected chi connectivity index (χ4v) is 8.57. The number of fused-ring (bicyclic) bond motifs is 1. The van der Waals surface area contributed by atoms with Gasteiger partial charge in [-0.2, -0.15) is 0 Å². The summed E-state index contributed by atoms with van der Waals surface area (Å²) >= 11 is 19.6. The molecule has 7 rings (SSSR count). The number of aromatic amines is 1. The van der Waals surface area contributed by atoms with Crippen LogP contribution in [0.4, 0.5) is 16.3 Å². The van der Waals surface area contributed by atoms with Gasteiger partial charge in [-0.05, 0) is 98.8 Å². The first kappa shape index (κ1) is 38.3. The van der Waals surface area contributed by atoms with E-state index >= 15 is 0 Å². The highest BCUT2D eigenvalue weighted by atomic mass is 35.5. The lowest BCUT2D eigenvalue weighted by atomic mass is 9.95. The molecule has 1 atom stereocenters. The first-order chi connectivity index (χ1) is 26.6. The van der Waals surface area contributed by atoms with Crippen LogP contribution in [-0.2, 0) is 0 Å². The predicted molar refractivity (Wildman–Crippen MR) is 226 cm³/mol. The second-order valence-corrected chi connectivity index (χ2v) is 15.3. The number of rotatable bonds is 10. The number of nitrogens with zero attached hydrogens (tertiary/aromatic N) is 4. The van der Waals surface area contributed by atoms with E-state index in [0.29, 0.717) is 56.4 Å². The summed E-state index contributed by atoms with van der Waals surface area (Å²) < 4.78 is 0. The molecule has 0 radical (unpaired) electrons. The number of pyridine rings is 1. The number of amides is 3. The monoisotopic (exact) mass is 795 g/mol. The Morgan fingerprint density at radius 3 is 2.47 bits per heavy atom. The van der Waals surface area contributed by atoms with Crippen LogP contribution >= 0.6 is 34.8 Å². The van der Waals surface area contributed by atoms with Crippen molar-refractivity contribution in [3.63, 3.8) is 0 Å². The van der Waals surface area contributed by atoms with Crippen LogP contribution in [0, 0.1) is 0 Å². The summed E-state index contributed by atoms with van der Waals surface area (Å²) in [4.78, 5) is 42.0. The number of carbonyl (C=O) groups excluding carboxylic acids is 2. The van der Waals surface area contributed by atoms with Crippen molar-refractivity contribution in [3.8, 4) is 0 Å². The predicted octanol–water partition coefficient (Wildman–Crippen LogP) is 10.6. The highest BCUT2D eigenvalue weighted by molar-refractivity contribution is 6.35. The van der Waals surface area contributed by atoms with Crippen LogP contribution in [0.25, 0.3) is 22.2 Å². The summed E-state index contributed by atoms with van der Waals surface area (Å²) in [6, 6.07) is 24.7. The number of H-pyrrole nitrogens is 1. The van der Waals surface area contributed by atoms with Gasteiger partial charge in [0.05, 0.1) is 17.4 Å². The van der Waals surface area contributed by atoms with Gasteiger partial charge in [-0.1, -0.05) is 83.8 Å². The van der Waals surface area contributed by atoms with Gasteiger partial charge in [0.15, 0.2) is 5.82 Å². The molecule has 284 valence electrons. The lowest BCUT2D eigenvalue weighted by molar-refractivity contribution is 0.102. The number of nitrogens with one attached hydrogen (secondary N) is 3. The second-order valence-electron chi connectivity index (χ2n) is 14.0. The van der Waals surface area contributed by atoms with Crippen LogP contribution in [-0.4, -0.2) is 63.9 Å². The minimum Gasteiger partial charge on any atom is -0.355 e. The zero-order valence-electron chi connectivity index (χ0n) is 30.9. The van der Waals surface area contributed by atoms with Gasteiger partial charge in [0, 0.05) is 70.0 Å². The van der Waals surface area contributed by atoms with E-state index in [1.54, 1.807) is 18.5 Å². The summed E-state index contributed by atoms with van der Waals surface area (Å²) in [6.07, 6.45) is 7.12. The van der Waals surface area contributed by atoms with Gasteiger partial charge in [-0.25, -0.2) is 9.78 Å². The molecule has 0 spiro atoms. The Balaban J connectivity index is 1.28. The lowest BCUT2D eigenvalue weighted by Crippen LogP contribution is -2.50. The van der Waals surface area contributed by atoms with Crippen LogP contribution in [0.15, 0.2) is 97.8 Å². The molecule has 2 aliphatic rings. The maximum atomic E-state index is 14.8. The molecule has 3 amide bonds. The number of benzene rings is 3. The standard InChI is InChI=1S/C43H44Cl3N7O2/c1-4-52(28(3)33-16-14-30(44)25-35(33)46)40(27(2)29-11-6-5-7-12-29)38-34-17-15-31(45)26-37(34)49-39(38)42(54)50-36-13-10-21-47-41(36)51-23-18-32(19-24-51)53-22-9-8-20-48-43(53)55/h4-7,10-17,21,25-26,28,32,49H,1,8-9,18-20,22-24H2,2-3H3,(H,48,55)(H,50,54)/b40-27+. The molecule has 1 unspecified atom stereocenters. The Morgan fingerprint density at radius 2 is 1.73 bits per heavy atom. The Labute approximate surface area is 337 Å². The Kier molecular flexibility index (Phi) is 11.7. The molecule has 0 saturated carbocycles. The zero-order valence-corrected chi connectivity index (χ0v) is 33.2. The molecule has 2 fully saturated rings. The van der Waals surface area contributed by atoms with E-state index in [4.69, 9.17) is 39.8 Å². The molecule has 5 aromatic rings. The molecule has 4 heterocycles. The number of anilines is 2. The van der Waals surface area contributed by atoms with Crippen molar-refractivity contribution >= 4 is 80.4 Å². The van der Waals surface area contributed by atoms with E-state index in [1.165, 1.54) is 0 Å². The average Bonchev–Trinajstić information content (AvgIpc) is 3.42. The fourth-order valence-electron chi connectivity index (χ4n) is 7.83.